The molecule has 0 unspecified atom stereocenters. The number of ether oxygens (including phenoxy) is 9. The van der Waals surface area contributed by atoms with E-state index in [1.54, 1.807) is 93.6 Å². The van der Waals surface area contributed by atoms with Gasteiger partial charge in [0.2, 0.25) is 0 Å². The Hall–Kier alpha value is -10.6. The summed E-state index contributed by atoms with van der Waals surface area (Å²) < 4.78 is 46.7. The first-order valence-electron chi connectivity index (χ1n) is 26.5. The van der Waals surface area contributed by atoms with Crippen LogP contribution in [0.25, 0.3) is 11.1 Å². The quantitative estimate of drug-likeness (QED) is 0.0192. The number of carbonyl (C=O) groups excluding carboxylic acids is 9. The third kappa shape index (κ3) is 16.8. The molecule has 0 aromatic heterocycles. The van der Waals surface area contributed by atoms with E-state index in [0.29, 0.717) is 39.9 Å². The molecule has 6 rings (SSSR count). The number of ketones is 1. The van der Waals surface area contributed by atoms with Gasteiger partial charge in [-0.2, -0.15) is 0 Å². The zero-order chi connectivity index (χ0) is 61.7. The second-order valence-corrected chi connectivity index (χ2v) is 18.2. The minimum atomic E-state index is -1.12. The van der Waals surface area contributed by atoms with E-state index in [1.807, 2.05) is 53.1 Å². The largest absolute Gasteiger partial charge is 0.495 e. The summed E-state index contributed by atoms with van der Waals surface area (Å²) in [7, 11) is 1.50. The lowest BCUT2D eigenvalue weighted by atomic mass is 10.00. The topological polar surface area (TPSA) is 243 Å². The van der Waals surface area contributed by atoms with Crippen LogP contribution in [0, 0.1) is 6.92 Å². The maximum absolute atomic E-state index is 13.1. The van der Waals surface area contributed by atoms with Crippen molar-refractivity contribution >= 4 is 87.7 Å². The van der Waals surface area contributed by atoms with Gasteiger partial charge in [0.15, 0.2) is 6.61 Å². The van der Waals surface area contributed by atoms with Crippen LogP contribution in [-0.4, -0.2) is 114 Å². The molecule has 0 bridgehead atoms. The molecule has 0 saturated carbocycles. The number of Topliss-reactive ketones (excluding diaryl/α,β-unsaturated/α-hetero) is 1. The Morgan fingerprint density at radius 2 is 0.659 bits per heavy atom. The van der Waals surface area contributed by atoms with Gasteiger partial charge in [0, 0.05) is 28.4 Å². The Morgan fingerprint density at radius 1 is 0.365 bits per heavy atom. The van der Waals surface area contributed by atoms with Crippen LogP contribution in [0.5, 0.6) is 5.75 Å². The molecule has 0 atom stereocenters. The van der Waals surface area contributed by atoms with Crippen LogP contribution in [-0.2, 0) is 61.9 Å². The van der Waals surface area contributed by atoms with Gasteiger partial charge in [-0.05, 0) is 173 Å². The van der Waals surface area contributed by atoms with E-state index in [9.17, 15) is 43.2 Å². The van der Waals surface area contributed by atoms with Gasteiger partial charge in [-0.15, -0.1) is 0 Å². The smallest absolute Gasteiger partial charge is 0.378 e. The third-order valence-electron chi connectivity index (χ3n) is 12.3. The van der Waals surface area contributed by atoms with Gasteiger partial charge in [-0.3, -0.25) is 4.79 Å². The van der Waals surface area contributed by atoms with Gasteiger partial charge in [0.1, 0.15) is 25.6 Å². The van der Waals surface area contributed by atoms with Crippen molar-refractivity contribution in [3.63, 3.8) is 0 Å². The number of aryl methyl sites for hydroxylation is 1. The fourth-order valence-corrected chi connectivity index (χ4v) is 8.04. The lowest BCUT2D eigenvalue weighted by Gasteiger charge is -2.28. The van der Waals surface area contributed by atoms with Crippen molar-refractivity contribution in [1.29, 1.82) is 0 Å². The first-order valence-corrected chi connectivity index (χ1v) is 26.5. The molecule has 0 spiro atoms. The Kier molecular flexibility index (Phi) is 22.8. The number of hydrogen-bond donors (Lipinski definition) is 0. The number of hydrogen-bond acceptors (Lipinski definition) is 20. The molecule has 6 aromatic rings. The van der Waals surface area contributed by atoms with E-state index in [1.165, 1.54) is 38.3 Å². The van der Waals surface area contributed by atoms with E-state index in [-0.39, 0.29) is 85.2 Å². The van der Waals surface area contributed by atoms with Crippen molar-refractivity contribution in [2.75, 3.05) is 69.8 Å². The number of rotatable bonds is 28. The molecular formula is C65H62N2O18. The van der Waals surface area contributed by atoms with Crippen molar-refractivity contribution in [3.8, 4) is 16.9 Å². The highest BCUT2D eigenvalue weighted by atomic mass is 16.6. The monoisotopic (exact) mass is 1160 g/mol. The molecule has 0 aliphatic rings. The van der Waals surface area contributed by atoms with Gasteiger partial charge >= 0.3 is 47.8 Å². The molecule has 85 heavy (non-hydrogen) atoms. The Morgan fingerprint density at radius 3 is 0.976 bits per heavy atom. The summed E-state index contributed by atoms with van der Waals surface area (Å²) in [6.07, 6.45) is 0. The fourth-order valence-electron chi connectivity index (χ4n) is 8.04. The van der Waals surface area contributed by atoms with Gasteiger partial charge in [-0.25, -0.2) is 38.4 Å². The second-order valence-electron chi connectivity index (χ2n) is 18.2. The minimum absolute atomic E-state index is 0.0240. The molecule has 0 fully saturated rings. The van der Waals surface area contributed by atoms with Crippen molar-refractivity contribution in [1.82, 2.24) is 0 Å². The molecule has 0 radical (unpaired) electrons. The highest BCUT2D eigenvalue weighted by Crippen LogP contribution is 2.44. The van der Waals surface area contributed by atoms with E-state index in [2.05, 4.69) is 19.7 Å². The molecule has 0 aliphatic carbocycles. The maximum Gasteiger partial charge on any atom is 0.378 e. The van der Waals surface area contributed by atoms with Crippen molar-refractivity contribution in [2.24, 2.45) is 0 Å². The van der Waals surface area contributed by atoms with E-state index in [0.717, 1.165) is 16.7 Å². The number of nitrogens with zero attached hydrogens (tertiary/aromatic N) is 2. The van der Waals surface area contributed by atoms with Crippen LogP contribution in [0.1, 0.15) is 74.7 Å². The average molecular weight is 1160 g/mol. The van der Waals surface area contributed by atoms with Crippen molar-refractivity contribution < 1.29 is 85.8 Å². The molecule has 0 aliphatic heterocycles. The predicted molar refractivity (Wildman–Crippen MR) is 313 cm³/mol. The van der Waals surface area contributed by atoms with Crippen LogP contribution in [0.3, 0.4) is 0 Å². The van der Waals surface area contributed by atoms with Crippen molar-refractivity contribution in [2.45, 2.75) is 34.6 Å². The highest BCUT2D eigenvalue weighted by molar-refractivity contribution is 6.34. The summed E-state index contributed by atoms with van der Waals surface area (Å²) in [6, 6.07) is 37.1. The number of carbonyl (C=O) groups is 9. The SMILES string of the molecule is C=C(COC(=O)c1ccc(N(c2ccc(C(=O)OCC(=C)C(=O)OCC)cc2)c2ccc(-c3ccc(N(c4ccc(C(=O)OCC(=C)C(=O)OCC)cc4)c4ccc(C(=O)OCC(=O)C(=O)OCC)cc4)c(OC)c3)cc2C)cc1)C(=O)OCC. The summed E-state index contributed by atoms with van der Waals surface area (Å²) >= 11 is 0. The van der Waals surface area contributed by atoms with Gasteiger partial charge in [0.25, 0.3) is 5.78 Å². The second kappa shape index (κ2) is 30.4. The van der Waals surface area contributed by atoms with E-state index in [4.69, 9.17) is 42.6 Å². The molecule has 6 aromatic carbocycles. The summed E-state index contributed by atoms with van der Waals surface area (Å²) in [4.78, 5) is 116. The molecule has 0 amide bonds. The number of esters is 8. The first kappa shape index (κ1) is 63.6. The van der Waals surface area contributed by atoms with Crippen LogP contribution < -0.4 is 14.5 Å². The lowest BCUT2D eigenvalue weighted by Crippen LogP contribution is -2.24. The van der Waals surface area contributed by atoms with Crippen molar-refractivity contribution in [3.05, 3.63) is 198 Å². The number of methoxy groups -OCH3 is 1. The zero-order valence-electron chi connectivity index (χ0n) is 47.7. The normalized spacial score (nSPS) is 10.5. The summed E-state index contributed by atoms with van der Waals surface area (Å²) in [5.41, 5.74) is 6.33. The van der Waals surface area contributed by atoms with Crippen LogP contribution in [0.4, 0.5) is 34.1 Å². The molecule has 20 nitrogen and oxygen atoms in total. The van der Waals surface area contributed by atoms with Crippen LogP contribution >= 0.6 is 0 Å². The average Bonchev–Trinajstić information content (AvgIpc) is 3.60. The highest BCUT2D eigenvalue weighted by Gasteiger charge is 2.24. The van der Waals surface area contributed by atoms with Gasteiger partial charge in [0.05, 0.1) is 78.2 Å². The van der Waals surface area contributed by atoms with Gasteiger partial charge < -0.3 is 52.4 Å². The molecular weight excluding hydrogens is 1100 g/mol. The third-order valence-corrected chi connectivity index (χ3v) is 12.3. The summed E-state index contributed by atoms with van der Waals surface area (Å²) in [5, 5.41) is 0. The summed E-state index contributed by atoms with van der Waals surface area (Å²) in [6.45, 7) is 17.7. The van der Waals surface area contributed by atoms with E-state index < -0.39 is 60.1 Å². The Balaban J connectivity index is 1.34. The fraction of sp³-hybridized carbons (Fsp3) is 0.215. The Bertz CT molecular complexity index is 3320. The lowest BCUT2D eigenvalue weighted by molar-refractivity contribution is -0.154. The van der Waals surface area contributed by atoms with Crippen LogP contribution in [0.2, 0.25) is 0 Å². The molecule has 0 N–H and O–H groups in total. The minimum Gasteiger partial charge on any atom is -0.495 e. The Labute approximate surface area is 490 Å². The number of benzene rings is 6. The first-order chi connectivity index (χ1) is 40.8. The van der Waals surface area contributed by atoms with Gasteiger partial charge in [-0.1, -0.05) is 31.9 Å². The van der Waals surface area contributed by atoms with Crippen LogP contribution in [0.15, 0.2) is 170 Å². The molecule has 0 saturated heterocycles. The standard InChI is InChI=1S/C65H62N2O18/c1-10-78-58(69)41(6)36-82-61(72)44-14-24-50(25-15-44)66(51-26-16-45(17-27-51)62(73)83-37-42(7)59(70)79-11-2)54-32-22-48(34-40(54)5)49-23-33-55(57(35-49)77-9)67(52-28-18-46(19-29-52)63(74)84-38-43(8)60(71)80-12-3)53-30-20-47(21-31-53)64(75)85-39-56(68)65(76)81-13-4/h14-35H,6-8,10-13,36-39H2,1-5,9H3. The predicted octanol–water partition coefficient (Wildman–Crippen LogP) is 10.7. The summed E-state index contributed by atoms with van der Waals surface area (Å²) in [5.74, 6) is -6.78. The molecule has 0 heterocycles. The van der Waals surface area contributed by atoms with E-state index >= 15 is 0 Å². The number of anilines is 6. The molecule has 440 valence electrons. The zero-order valence-corrected chi connectivity index (χ0v) is 47.7. The maximum atomic E-state index is 13.1. The molecule has 20 heteroatoms.